The Balaban J connectivity index is 1.56. The van der Waals surface area contributed by atoms with Crippen LogP contribution in [0, 0.1) is 6.92 Å². The van der Waals surface area contributed by atoms with Gasteiger partial charge in [0.05, 0.1) is 22.7 Å². The number of aromatic nitrogens is 2. The van der Waals surface area contributed by atoms with Crippen LogP contribution in [0.15, 0.2) is 34.9 Å². The van der Waals surface area contributed by atoms with Crippen molar-refractivity contribution in [2.75, 3.05) is 0 Å². The van der Waals surface area contributed by atoms with Crippen LogP contribution in [-0.2, 0) is 6.54 Å². The Bertz CT molecular complexity index is 956. The molecule has 1 saturated carbocycles. The number of aryl methyl sites for hydroxylation is 1. The van der Waals surface area contributed by atoms with Crippen molar-refractivity contribution >= 4 is 17.0 Å². The van der Waals surface area contributed by atoms with E-state index in [1.807, 2.05) is 37.3 Å². The Labute approximate surface area is 151 Å². The van der Waals surface area contributed by atoms with Gasteiger partial charge in [-0.25, -0.2) is 4.98 Å². The molecule has 2 N–H and O–H groups in total. The molecule has 1 fully saturated rings. The Kier molecular flexibility index (Phi) is 4.20. The largest absolute Gasteiger partial charge is 0.389 e. The highest BCUT2D eigenvalue weighted by Gasteiger charge is 2.28. The fraction of sp³-hybridized carbons (Fsp3) is 0.350. The molecular weight excluding hydrogens is 330 g/mol. The minimum Gasteiger partial charge on any atom is -0.389 e. The van der Waals surface area contributed by atoms with Crippen molar-refractivity contribution in [2.45, 2.75) is 45.3 Å². The van der Waals surface area contributed by atoms with Crippen molar-refractivity contribution in [3.63, 3.8) is 0 Å². The number of hydrogen-bond acceptors (Lipinski definition) is 5. The molecule has 3 aromatic rings. The summed E-state index contributed by atoms with van der Waals surface area (Å²) in [6, 6.07) is 9.42. The van der Waals surface area contributed by atoms with Gasteiger partial charge in [-0.1, -0.05) is 29.4 Å². The molecule has 1 atom stereocenters. The molecule has 0 spiro atoms. The molecule has 1 aliphatic carbocycles. The van der Waals surface area contributed by atoms with Crippen molar-refractivity contribution in [1.82, 2.24) is 15.5 Å². The first-order chi connectivity index (χ1) is 12.5. The number of amides is 1. The van der Waals surface area contributed by atoms with E-state index in [0.717, 1.165) is 29.7 Å². The average molecular weight is 351 g/mol. The lowest BCUT2D eigenvalue weighted by molar-refractivity contribution is 0.0952. The minimum absolute atomic E-state index is 0.162. The topological polar surface area (TPSA) is 88.2 Å². The third-order valence-corrected chi connectivity index (χ3v) is 4.79. The van der Waals surface area contributed by atoms with Gasteiger partial charge in [-0.15, -0.1) is 0 Å². The summed E-state index contributed by atoms with van der Waals surface area (Å²) in [6.07, 6.45) is 1.70. The highest BCUT2D eigenvalue weighted by Crippen LogP contribution is 2.40. The average Bonchev–Trinajstić information content (AvgIpc) is 3.43. The molecule has 26 heavy (non-hydrogen) atoms. The molecule has 4 rings (SSSR count). The van der Waals surface area contributed by atoms with Crippen LogP contribution < -0.4 is 5.32 Å². The predicted molar refractivity (Wildman–Crippen MR) is 96.8 cm³/mol. The number of carbonyl (C=O) groups excluding carboxylic acids is 1. The predicted octanol–water partition coefficient (Wildman–Crippen LogP) is 3.39. The van der Waals surface area contributed by atoms with Gasteiger partial charge >= 0.3 is 0 Å². The summed E-state index contributed by atoms with van der Waals surface area (Å²) >= 11 is 0. The summed E-state index contributed by atoms with van der Waals surface area (Å²) in [7, 11) is 0. The summed E-state index contributed by atoms with van der Waals surface area (Å²) in [4.78, 5) is 17.3. The molecule has 1 amide bonds. The summed E-state index contributed by atoms with van der Waals surface area (Å²) in [5.41, 5.74) is 4.39. The van der Waals surface area contributed by atoms with Crippen molar-refractivity contribution < 1.29 is 14.4 Å². The molecule has 1 aromatic carbocycles. The van der Waals surface area contributed by atoms with Crippen LogP contribution >= 0.6 is 0 Å². The van der Waals surface area contributed by atoms with Gasteiger partial charge in [0.15, 0.2) is 0 Å². The molecule has 0 radical (unpaired) electrons. The Hall–Kier alpha value is -2.73. The molecule has 1 unspecified atom stereocenters. The molecule has 6 nitrogen and oxygen atoms in total. The van der Waals surface area contributed by atoms with Gasteiger partial charge in [0.25, 0.3) is 11.6 Å². The smallest absolute Gasteiger partial charge is 0.259 e. The van der Waals surface area contributed by atoms with Crippen LogP contribution in [0.4, 0.5) is 0 Å². The van der Waals surface area contributed by atoms with Gasteiger partial charge < -0.3 is 14.9 Å². The summed E-state index contributed by atoms with van der Waals surface area (Å²) in [5, 5.41) is 17.2. The van der Waals surface area contributed by atoms with Gasteiger partial charge in [0.1, 0.15) is 0 Å². The molecular formula is C20H21N3O3. The first-order valence-corrected chi connectivity index (χ1v) is 8.85. The Morgan fingerprint density at radius 3 is 2.73 bits per heavy atom. The monoisotopic (exact) mass is 351 g/mol. The van der Waals surface area contributed by atoms with E-state index < -0.39 is 6.10 Å². The second-order valence-electron chi connectivity index (χ2n) is 6.92. The molecule has 0 aliphatic heterocycles. The summed E-state index contributed by atoms with van der Waals surface area (Å²) in [5.74, 6) is 0.259. The van der Waals surface area contributed by atoms with Crippen molar-refractivity contribution in [2.24, 2.45) is 0 Å². The SMILES string of the molecule is Cc1noc2nc(C3CC3)cc(C(=O)NCc3ccc(C(C)O)cc3)c12. The molecule has 0 bridgehead atoms. The number of hydrogen-bond donors (Lipinski definition) is 2. The van der Waals surface area contributed by atoms with Gasteiger partial charge in [0.2, 0.25) is 0 Å². The zero-order valence-electron chi connectivity index (χ0n) is 14.8. The number of benzene rings is 1. The zero-order valence-corrected chi connectivity index (χ0v) is 14.8. The molecule has 1 aliphatic rings. The quantitative estimate of drug-likeness (QED) is 0.735. The van der Waals surface area contributed by atoms with Crippen LogP contribution in [0.1, 0.15) is 64.7 Å². The maximum atomic E-state index is 12.8. The van der Waals surface area contributed by atoms with E-state index >= 15 is 0 Å². The normalized spacial score (nSPS) is 15.2. The fourth-order valence-corrected chi connectivity index (χ4v) is 3.07. The number of aliphatic hydroxyl groups excluding tert-OH is 1. The molecule has 2 heterocycles. The minimum atomic E-state index is -0.499. The van der Waals surface area contributed by atoms with E-state index in [0.29, 0.717) is 34.8 Å². The molecule has 0 saturated heterocycles. The van der Waals surface area contributed by atoms with E-state index in [9.17, 15) is 9.90 Å². The third-order valence-electron chi connectivity index (χ3n) is 4.79. The van der Waals surface area contributed by atoms with Crippen LogP contribution in [0.3, 0.4) is 0 Å². The molecule has 2 aromatic heterocycles. The van der Waals surface area contributed by atoms with Crippen LogP contribution in [0.25, 0.3) is 11.1 Å². The second-order valence-corrected chi connectivity index (χ2v) is 6.92. The number of pyridine rings is 1. The highest BCUT2D eigenvalue weighted by atomic mass is 16.5. The standard InChI is InChI=1S/C20H21N3O3/c1-11-18-16(9-17(15-7-8-15)22-20(18)26-23-11)19(25)21-10-13-3-5-14(6-4-13)12(2)24/h3-6,9,12,15,24H,7-8,10H2,1-2H3,(H,21,25). The van der Waals surface area contributed by atoms with Crippen LogP contribution in [-0.4, -0.2) is 21.2 Å². The number of aliphatic hydroxyl groups is 1. The van der Waals surface area contributed by atoms with E-state index in [1.165, 1.54) is 0 Å². The lowest BCUT2D eigenvalue weighted by Gasteiger charge is -2.09. The van der Waals surface area contributed by atoms with Crippen LogP contribution in [0.2, 0.25) is 0 Å². The zero-order chi connectivity index (χ0) is 18.3. The Morgan fingerprint density at radius 1 is 1.35 bits per heavy atom. The van der Waals surface area contributed by atoms with Crippen molar-refractivity contribution in [3.8, 4) is 0 Å². The van der Waals surface area contributed by atoms with Gasteiger partial charge in [-0.2, -0.15) is 0 Å². The lowest BCUT2D eigenvalue weighted by Crippen LogP contribution is -2.23. The van der Waals surface area contributed by atoms with E-state index in [-0.39, 0.29) is 5.91 Å². The van der Waals surface area contributed by atoms with Crippen molar-refractivity contribution in [1.29, 1.82) is 0 Å². The van der Waals surface area contributed by atoms with Crippen LogP contribution in [0.5, 0.6) is 0 Å². The number of fused-ring (bicyclic) bond motifs is 1. The number of nitrogens with zero attached hydrogens (tertiary/aromatic N) is 2. The van der Waals surface area contributed by atoms with Gasteiger partial charge in [-0.3, -0.25) is 4.79 Å². The first-order valence-electron chi connectivity index (χ1n) is 8.85. The number of carbonyl (C=O) groups is 1. The highest BCUT2D eigenvalue weighted by molar-refractivity contribution is 6.06. The summed E-state index contributed by atoms with van der Waals surface area (Å²) in [6.45, 7) is 3.95. The van der Waals surface area contributed by atoms with Crippen molar-refractivity contribution in [3.05, 3.63) is 58.4 Å². The maximum absolute atomic E-state index is 12.8. The molecule has 6 heteroatoms. The Morgan fingerprint density at radius 2 is 2.08 bits per heavy atom. The van der Waals surface area contributed by atoms with E-state index in [2.05, 4.69) is 15.5 Å². The van der Waals surface area contributed by atoms with E-state index in [1.54, 1.807) is 6.92 Å². The summed E-state index contributed by atoms with van der Waals surface area (Å²) < 4.78 is 5.29. The second kappa shape index (κ2) is 6.53. The number of nitrogens with one attached hydrogen (secondary N) is 1. The third kappa shape index (κ3) is 3.20. The number of rotatable bonds is 5. The maximum Gasteiger partial charge on any atom is 0.259 e. The fourth-order valence-electron chi connectivity index (χ4n) is 3.07. The lowest BCUT2D eigenvalue weighted by atomic mass is 10.1. The molecule has 134 valence electrons. The van der Waals surface area contributed by atoms with Gasteiger partial charge in [-0.05, 0) is 43.9 Å². The van der Waals surface area contributed by atoms with Gasteiger partial charge in [0, 0.05) is 18.2 Å². The first kappa shape index (κ1) is 16.7. The van der Waals surface area contributed by atoms with E-state index in [4.69, 9.17) is 4.52 Å².